The lowest BCUT2D eigenvalue weighted by Crippen LogP contribution is -2.12. The van der Waals surface area contributed by atoms with Gasteiger partial charge in [0.15, 0.2) is 5.13 Å². The predicted octanol–water partition coefficient (Wildman–Crippen LogP) is 6.44. The van der Waals surface area contributed by atoms with Crippen LogP contribution in [0, 0.1) is 0 Å². The fraction of sp³-hybridized carbons (Fsp3) is 0. The summed E-state index contributed by atoms with van der Waals surface area (Å²) >= 11 is 9.21. The van der Waals surface area contributed by atoms with Gasteiger partial charge in [-0.15, -0.1) is 11.3 Å². The average Bonchev–Trinajstić information content (AvgIpc) is 3.32. The first kappa shape index (κ1) is 17.0. The van der Waals surface area contributed by atoms with Crippen molar-refractivity contribution in [3.63, 3.8) is 0 Å². The molecule has 3 nitrogen and oxygen atoms in total. The van der Waals surface area contributed by atoms with Crippen LogP contribution in [0.2, 0.25) is 5.02 Å². The van der Waals surface area contributed by atoms with Crippen LogP contribution in [0.3, 0.4) is 0 Å². The van der Waals surface area contributed by atoms with Crippen molar-refractivity contribution in [2.45, 2.75) is 0 Å². The molecule has 0 aliphatic carbocycles. The number of benzene rings is 2. The maximum Gasteiger partial charge on any atom is 0.258 e. The van der Waals surface area contributed by atoms with Crippen molar-refractivity contribution in [2.75, 3.05) is 5.32 Å². The van der Waals surface area contributed by atoms with Crippen molar-refractivity contribution in [1.82, 2.24) is 4.98 Å². The molecule has 6 heteroatoms. The van der Waals surface area contributed by atoms with Crippen LogP contribution in [0.25, 0.3) is 21.0 Å². The Morgan fingerprint density at radius 1 is 0.962 bits per heavy atom. The van der Waals surface area contributed by atoms with E-state index in [1.54, 1.807) is 35.6 Å². The maximum absolute atomic E-state index is 12.6. The summed E-state index contributed by atoms with van der Waals surface area (Å²) in [6.45, 7) is 0. The van der Waals surface area contributed by atoms with Gasteiger partial charge in [0.2, 0.25) is 0 Å². The highest BCUT2D eigenvalue weighted by Crippen LogP contribution is 2.40. The van der Waals surface area contributed by atoms with Gasteiger partial charge < -0.3 is 0 Å². The van der Waals surface area contributed by atoms with Crippen LogP contribution in [0.4, 0.5) is 5.13 Å². The second-order valence-corrected chi connectivity index (χ2v) is 7.83. The van der Waals surface area contributed by atoms with E-state index in [4.69, 9.17) is 11.6 Å². The summed E-state index contributed by atoms with van der Waals surface area (Å²) in [5, 5.41) is 5.87. The van der Waals surface area contributed by atoms with E-state index in [1.807, 2.05) is 47.8 Å². The van der Waals surface area contributed by atoms with Crippen molar-refractivity contribution in [3.05, 3.63) is 82.7 Å². The summed E-state index contributed by atoms with van der Waals surface area (Å²) in [4.78, 5) is 19.3. The van der Waals surface area contributed by atoms with Crippen LogP contribution in [0.5, 0.6) is 0 Å². The minimum absolute atomic E-state index is 0.262. The smallest absolute Gasteiger partial charge is 0.258 e. The SMILES string of the molecule is O=C(Nc1nc(-c2cccs2)c(-c2ccccc2)s1)c1ccccc1Cl. The normalized spacial score (nSPS) is 10.7. The number of carbonyl (C=O) groups is 1. The molecule has 0 saturated heterocycles. The Morgan fingerprint density at radius 3 is 2.46 bits per heavy atom. The van der Waals surface area contributed by atoms with Gasteiger partial charge in [0.05, 0.1) is 20.3 Å². The predicted molar refractivity (Wildman–Crippen MR) is 110 cm³/mol. The van der Waals surface area contributed by atoms with Gasteiger partial charge in [0.1, 0.15) is 5.69 Å². The molecule has 128 valence electrons. The van der Waals surface area contributed by atoms with Crippen LogP contribution < -0.4 is 5.32 Å². The lowest BCUT2D eigenvalue weighted by molar-refractivity contribution is 0.102. The Bertz CT molecular complexity index is 1040. The highest BCUT2D eigenvalue weighted by molar-refractivity contribution is 7.20. The van der Waals surface area contributed by atoms with Gasteiger partial charge in [-0.05, 0) is 29.1 Å². The van der Waals surface area contributed by atoms with E-state index >= 15 is 0 Å². The fourth-order valence-corrected chi connectivity index (χ4v) is 4.54. The highest BCUT2D eigenvalue weighted by atomic mass is 35.5. The summed E-state index contributed by atoms with van der Waals surface area (Å²) in [6.07, 6.45) is 0. The molecule has 0 aliphatic heterocycles. The molecule has 0 spiro atoms. The minimum atomic E-state index is -0.262. The van der Waals surface area contributed by atoms with Crippen LogP contribution >= 0.6 is 34.3 Å². The van der Waals surface area contributed by atoms with E-state index in [1.165, 1.54) is 11.3 Å². The van der Waals surface area contributed by atoms with Crippen molar-refractivity contribution < 1.29 is 4.79 Å². The van der Waals surface area contributed by atoms with Crippen molar-refractivity contribution in [1.29, 1.82) is 0 Å². The number of nitrogens with one attached hydrogen (secondary N) is 1. The summed E-state index contributed by atoms with van der Waals surface area (Å²) in [7, 11) is 0. The van der Waals surface area contributed by atoms with Crippen LogP contribution in [0.1, 0.15) is 10.4 Å². The maximum atomic E-state index is 12.6. The second kappa shape index (κ2) is 7.41. The number of hydrogen-bond donors (Lipinski definition) is 1. The topological polar surface area (TPSA) is 42.0 Å². The highest BCUT2D eigenvalue weighted by Gasteiger charge is 2.18. The van der Waals surface area contributed by atoms with Crippen LogP contribution in [-0.4, -0.2) is 10.9 Å². The first-order valence-corrected chi connectivity index (χ1v) is 9.96. The summed E-state index contributed by atoms with van der Waals surface area (Å²) < 4.78 is 0. The summed E-state index contributed by atoms with van der Waals surface area (Å²) in [5.74, 6) is -0.262. The van der Waals surface area contributed by atoms with Crippen molar-refractivity contribution >= 4 is 45.3 Å². The molecule has 0 radical (unpaired) electrons. The van der Waals surface area contributed by atoms with Crippen molar-refractivity contribution in [2.24, 2.45) is 0 Å². The molecule has 2 aromatic carbocycles. The monoisotopic (exact) mass is 396 g/mol. The van der Waals surface area contributed by atoms with Gasteiger partial charge in [-0.1, -0.05) is 71.5 Å². The zero-order chi connectivity index (χ0) is 17.9. The van der Waals surface area contributed by atoms with E-state index in [0.29, 0.717) is 15.7 Å². The Labute approximate surface area is 163 Å². The standard InChI is InChI=1S/C20H13ClN2OS2/c21-15-10-5-4-9-14(15)19(24)23-20-22-17(16-11-6-12-25-16)18(26-20)13-7-2-1-3-8-13/h1-12H,(H,22,23,24). The fourth-order valence-electron chi connectivity index (χ4n) is 2.55. The summed E-state index contributed by atoms with van der Waals surface area (Å²) in [5.41, 5.74) is 2.39. The van der Waals surface area contributed by atoms with E-state index in [-0.39, 0.29) is 5.91 Å². The number of nitrogens with zero attached hydrogens (tertiary/aromatic N) is 1. The number of hydrogen-bond acceptors (Lipinski definition) is 4. The molecule has 1 N–H and O–H groups in total. The Kier molecular flexibility index (Phi) is 4.84. The van der Waals surface area contributed by atoms with Gasteiger partial charge >= 0.3 is 0 Å². The van der Waals surface area contributed by atoms with Gasteiger partial charge in [-0.25, -0.2) is 4.98 Å². The lowest BCUT2D eigenvalue weighted by Gasteiger charge is -2.03. The lowest BCUT2D eigenvalue weighted by atomic mass is 10.1. The third-order valence-corrected chi connectivity index (χ3v) is 5.98. The zero-order valence-corrected chi connectivity index (χ0v) is 15.9. The Morgan fingerprint density at radius 2 is 1.73 bits per heavy atom. The first-order chi connectivity index (χ1) is 12.7. The number of carbonyl (C=O) groups excluding carboxylic acids is 1. The largest absolute Gasteiger partial charge is 0.298 e. The molecular weight excluding hydrogens is 384 g/mol. The van der Waals surface area contributed by atoms with E-state index < -0.39 is 0 Å². The molecule has 26 heavy (non-hydrogen) atoms. The molecule has 0 saturated carbocycles. The van der Waals surface area contributed by atoms with Crippen LogP contribution in [-0.2, 0) is 0 Å². The van der Waals surface area contributed by atoms with Crippen LogP contribution in [0.15, 0.2) is 72.1 Å². The molecule has 0 bridgehead atoms. The van der Waals surface area contributed by atoms with Gasteiger partial charge in [0.25, 0.3) is 5.91 Å². The number of rotatable bonds is 4. The number of aromatic nitrogens is 1. The molecule has 0 unspecified atom stereocenters. The number of halogens is 1. The van der Waals surface area contributed by atoms with Crippen molar-refractivity contribution in [3.8, 4) is 21.0 Å². The second-order valence-electron chi connectivity index (χ2n) is 5.47. The van der Waals surface area contributed by atoms with Gasteiger partial charge in [0, 0.05) is 0 Å². The Balaban J connectivity index is 1.72. The van der Waals surface area contributed by atoms with Gasteiger partial charge in [-0.3, -0.25) is 10.1 Å². The number of thiazole rings is 1. The molecule has 2 aromatic heterocycles. The van der Waals surface area contributed by atoms with E-state index in [0.717, 1.165) is 21.0 Å². The minimum Gasteiger partial charge on any atom is -0.298 e. The van der Waals surface area contributed by atoms with E-state index in [9.17, 15) is 4.79 Å². The molecule has 0 aliphatic rings. The third-order valence-electron chi connectivity index (χ3n) is 3.76. The quantitative estimate of drug-likeness (QED) is 0.431. The number of anilines is 1. The molecule has 0 fully saturated rings. The molecule has 2 heterocycles. The zero-order valence-electron chi connectivity index (χ0n) is 13.5. The molecule has 4 rings (SSSR count). The number of thiophene rings is 1. The Hall–Kier alpha value is -2.47. The molecular formula is C20H13ClN2OS2. The molecule has 4 aromatic rings. The average molecular weight is 397 g/mol. The first-order valence-electron chi connectivity index (χ1n) is 7.88. The summed E-state index contributed by atoms with van der Waals surface area (Å²) in [6, 6.07) is 21.1. The molecule has 1 amide bonds. The van der Waals surface area contributed by atoms with E-state index in [2.05, 4.69) is 10.3 Å². The number of amides is 1. The van der Waals surface area contributed by atoms with Gasteiger partial charge in [-0.2, -0.15) is 0 Å². The molecule has 0 atom stereocenters. The third kappa shape index (κ3) is 3.42.